The molecular formula is C53H44N2O2. The number of fused-ring (bicyclic) bond motifs is 7. The molecule has 278 valence electrons. The van der Waals surface area contributed by atoms with E-state index in [-0.39, 0.29) is 11.8 Å². The predicted octanol–water partition coefficient (Wildman–Crippen LogP) is 8.65. The van der Waals surface area contributed by atoms with E-state index < -0.39 is 0 Å². The summed E-state index contributed by atoms with van der Waals surface area (Å²) in [7, 11) is 0. The van der Waals surface area contributed by atoms with Crippen LogP contribution in [0.2, 0.25) is 0 Å². The summed E-state index contributed by atoms with van der Waals surface area (Å²) in [5, 5.41) is 8.22. The zero-order valence-electron chi connectivity index (χ0n) is 32.4. The number of nitrogens with zero attached hydrogens (tertiary/aromatic N) is 2. The van der Waals surface area contributed by atoms with Gasteiger partial charge in [0.2, 0.25) is 0 Å². The van der Waals surface area contributed by atoms with Crippen LogP contribution in [0.5, 0.6) is 0 Å². The van der Waals surface area contributed by atoms with E-state index in [1.165, 1.54) is 21.5 Å². The maximum Gasteiger partial charge on any atom is 0.137 e. The van der Waals surface area contributed by atoms with Crippen molar-refractivity contribution >= 4 is 75.0 Å². The highest BCUT2D eigenvalue weighted by molar-refractivity contribution is 6.10. The number of allylic oxidation sites excluding steroid dienone is 7. The molecule has 10 rings (SSSR count). The summed E-state index contributed by atoms with van der Waals surface area (Å²) in [4.78, 5) is 5.27. The number of furan rings is 2. The third kappa shape index (κ3) is 6.22. The Morgan fingerprint density at radius 2 is 1.54 bits per heavy atom. The minimum absolute atomic E-state index is 0.193. The molecule has 0 radical (unpaired) electrons. The molecular weight excluding hydrogens is 697 g/mol. The molecule has 3 heterocycles. The first-order valence-electron chi connectivity index (χ1n) is 20.1. The molecule has 3 aromatic heterocycles. The van der Waals surface area contributed by atoms with Crippen molar-refractivity contribution in [3.63, 3.8) is 0 Å². The lowest BCUT2D eigenvalue weighted by Crippen LogP contribution is -2.41. The fourth-order valence-electron chi connectivity index (χ4n) is 9.08. The quantitative estimate of drug-likeness (QED) is 0.154. The van der Waals surface area contributed by atoms with Crippen LogP contribution in [0.25, 0.3) is 75.0 Å². The van der Waals surface area contributed by atoms with Gasteiger partial charge in [0.25, 0.3) is 0 Å². The van der Waals surface area contributed by atoms with Crippen LogP contribution in [0, 0.1) is 17.8 Å². The van der Waals surface area contributed by atoms with Crippen LogP contribution in [-0.2, 0) is 0 Å². The van der Waals surface area contributed by atoms with Crippen molar-refractivity contribution in [2.45, 2.75) is 33.1 Å². The largest absolute Gasteiger partial charge is 0.456 e. The molecule has 4 aromatic carbocycles. The summed E-state index contributed by atoms with van der Waals surface area (Å²) < 4.78 is 15.4. The van der Waals surface area contributed by atoms with Crippen LogP contribution in [-0.4, -0.2) is 10.3 Å². The topological polar surface area (TPSA) is 43.6 Å². The Labute approximate surface area is 331 Å². The number of benzene rings is 4. The van der Waals surface area contributed by atoms with Crippen molar-refractivity contribution in [2.75, 3.05) is 0 Å². The molecule has 0 saturated carbocycles. The molecule has 3 atom stereocenters. The van der Waals surface area contributed by atoms with E-state index in [0.717, 1.165) is 84.9 Å². The van der Waals surface area contributed by atoms with E-state index >= 15 is 0 Å². The van der Waals surface area contributed by atoms with E-state index in [9.17, 15) is 0 Å². The van der Waals surface area contributed by atoms with Crippen LogP contribution in [0.1, 0.15) is 38.7 Å². The number of para-hydroxylation sites is 2. The minimum atomic E-state index is 0.193. The molecule has 4 nitrogen and oxygen atoms in total. The zero-order chi connectivity index (χ0) is 38.5. The second-order valence-electron chi connectivity index (χ2n) is 15.5. The number of aromatic nitrogens is 1. The molecule has 0 spiro atoms. The third-order valence-corrected chi connectivity index (χ3v) is 11.9. The highest BCUT2D eigenvalue weighted by Crippen LogP contribution is 2.33. The van der Waals surface area contributed by atoms with Crippen LogP contribution in [0.3, 0.4) is 0 Å². The Bertz CT molecular complexity index is 3250. The van der Waals surface area contributed by atoms with E-state index in [1.54, 1.807) is 0 Å². The molecule has 7 aromatic rings. The molecule has 0 N–H and O–H groups in total. The maximum absolute atomic E-state index is 6.57. The van der Waals surface area contributed by atoms with Crippen molar-refractivity contribution < 1.29 is 8.83 Å². The van der Waals surface area contributed by atoms with Crippen LogP contribution in [0.4, 0.5) is 0 Å². The van der Waals surface area contributed by atoms with Crippen molar-refractivity contribution in [2.24, 2.45) is 22.7 Å². The summed E-state index contributed by atoms with van der Waals surface area (Å²) in [6, 6.07) is 34.1. The lowest BCUT2D eigenvalue weighted by Gasteiger charge is -2.22. The number of aliphatic imine (C=N–C) groups is 1. The van der Waals surface area contributed by atoms with Crippen LogP contribution < -0.4 is 31.8 Å². The van der Waals surface area contributed by atoms with Crippen LogP contribution >= 0.6 is 0 Å². The Morgan fingerprint density at radius 1 is 0.789 bits per heavy atom. The fraction of sp³-hybridized carbons (Fsp3) is 0.151. The highest BCUT2D eigenvalue weighted by atomic mass is 16.3. The molecule has 4 heteroatoms. The molecule has 3 aliphatic carbocycles. The zero-order valence-corrected chi connectivity index (χ0v) is 32.4. The van der Waals surface area contributed by atoms with Gasteiger partial charge in [0.1, 0.15) is 22.0 Å². The van der Waals surface area contributed by atoms with Gasteiger partial charge in [-0.1, -0.05) is 127 Å². The average Bonchev–Trinajstić information content (AvgIpc) is 3.90. The summed E-state index contributed by atoms with van der Waals surface area (Å²) in [6.07, 6.45) is 27.3. The molecule has 0 bridgehead atoms. The lowest BCUT2D eigenvalue weighted by molar-refractivity contribution is 0.485. The van der Waals surface area contributed by atoms with Gasteiger partial charge in [0.05, 0.1) is 16.9 Å². The van der Waals surface area contributed by atoms with Gasteiger partial charge < -0.3 is 13.4 Å². The Kier molecular flexibility index (Phi) is 8.83. The predicted molar refractivity (Wildman–Crippen MR) is 238 cm³/mol. The molecule has 0 aliphatic heterocycles. The number of rotatable bonds is 7. The van der Waals surface area contributed by atoms with Gasteiger partial charge in [0, 0.05) is 54.8 Å². The van der Waals surface area contributed by atoms with E-state index in [2.05, 4.69) is 164 Å². The van der Waals surface area contributed by atoms with Gasteiger partial charge in [0.15, 0.2) is 0 Å². The van der Waals surface area contributed by atoms with Crippen LogP contribution in [0.15, 0.2) is 159 Å². The normalized spacial score (nSPS) is 19.9. The molecule has 3 aliphatic rings. The standard InChI is InChI=1S/C53H44N2O2/c1-4-5-23-50-44(29-35(3)54-53(36-17-8-6-9-18-36)40-21-13-12-16-34(40)2)45-31-38(26-28-51(45)56-50)37-25-27-47-42(30-37)43-32-46-41-22-14-15-24-49(41)57-52(46)33-48(43)55(47)39-19-10-7-11-20-39/h4-20,22-24,27-33,37-38,40H,3,21,25-26H2,1-2H3/b5-4-,44-29?,50-23+,54-53?. The lowest BCUT2D eigenvalue weighted by atomic mass is 9.82. The Balaban J connectivity index is 1.11. The molecule has 0 fully saturated rings. The summed E-state index contributed by atoms with van der Waals surface area (Å²) >= 11 is 0. The first-order valence-corrected chi connectivity index (χ1v) is 20.1. The van der Waals surface area contributed by atoms with E-state index in [4.69, 9.17) is 13.8 Å². The van der Waals surface area contributed by atoms with E-state index in [1.807, 2.05) is 25.1 Å². The summed E-state index contributed by atoms with van der Waals surface area (Å²) in [6.45, 7) is 8.74. The van der Waals surface area contributed by atoms with Gasteiger partial charge in [-0.15, -0.1) is 0 Å². The second-order valence-corrected chi connectivity index (χ2v) is 15.5. The molecule has 57 heavy (non-hydrogen) atoms. The second kappa shape index (κ2) is 14.5. The highest BCUT2D eigenvalue weighted by Gasteiger charge is 2.24. The summed E-state index contributed by atoms with van der Waals surface area (Å²) in [5.41, 5.74) is 10.0. The minimum Gasteiger partial charge on any atom is -0.456 e. The van der Waals surface area contributed by atoms with Crippen molar-refractivity contribution in [1.82, 2.24) is 4.57 Å². The Hall–Kier alpha value is -6.65. The molecule has 0 amide bonds. The van der Waals surface area contributed by atoms with Gasteiger partial charge in [-0.05, 0) is 93.0 Å². The molecule has 0 saturated heterocycles. The van der Waals surface area contributed by atoms with Crippen molar-refractivity contribution in [1.29, 1.82) is 0 Å². The third-order valence-electron chi connectivity index (χ3n) is 11.9. The van der Waals surface area contributed by atoms with Gasteiger partial charge in [-0.2, -0.15) is 0 Å². The Morgan fingerprint density at radius 3 is 2.35 bits per heavy atom. The van der Waals surface area contributed by atoms with E-state index in [0.29, 0.717) is 11.6 Å². The SMILES string of the molecule is C=C(C=c1c2c(o/c1=C/C=C\C)=CCC(C1C=c3c(n(-c4ccccc4)c4cc5oc6ccccc6c5cc34)=CC1)C=2)N=C(c1ccccc1)C1CC=CC=C1C. The van der Waals surface area contributed by atoms with Crippen molar-refractivity contribution in [3.05, 3.63) is 183 Å². The number of hydrogen-bond acceptors (Lipinski definition) is 3. The first-order chi connectivity index (χ1) is 28.0. The average molecular weight is 741 g/mol. The smallest absolute Gasteiger partial charge is 0.137 e. The van der Waals surface area contributed by atoms with Crippen molar-refractivity contribution in [3.8, 4) is 5.69 Å². The first kappa shape index (κ1) is 34.8. The number of hydrogen-bond donors (Lipinski definition) is 0. The van der Waals surface area contributed by atoms with Gasteiger partial charge >= 0.3 is 0 Å². The molecule has 3 unspecified atom stereocenters. The van der Waals surface area contributed by atoms with Gasteiger partial charge in [-0.3, -0.25) is 4.99 Å². The fourth-order valence-corrected chi connectivity index (χ4v) is 9.08. The van der Waals surface area contributed by atoms with Gasteiger partial charge in [-0.25, -0.2) is 0 Å². The monoisotopic (exact) mass is 740 g/mol. The summed E-state index contributed by atoms with van der Waals surface area (Å²) in [5.74, 6) is 0.783. The maximum atomic E-state index is 6.57.